The molecule has 1 aliphatic heterocycles. The van der Waals surface area contributed by atoms with Crippen molar-refractivity contribution in [2.75, 3.05) is 18.0 Å². The summed E-state index contributed by atoms with van der Waals surface area (Å²) in [5.41, 5.74) is 0.657. The van der Waals surface area contributed by atoms with Crippen LogP contribution in [0.25, 0.3) is 0 Å². The molecule has 0 radical (unpaired) electrons. The summed E-state index contributed by atoms with van der Waals surface area (Å²) >= 11 is 0. The van der Waals surface area contributed by atoms with E-state index in [1.54, 1.807) is 12.1 Å². The average Bonchev–Trinajstić information content (AvgIpc) is 3.29. The highest BCUT2D eigenvalue weighted by Gasteiger charge is 2.16. The summed E-state index contributed by atoms with van der Waals surface area (Å²) in [4.78, 5) is 28.2. The SMILES string of the molecule is O=C(NCc1nc(N2CCCC2)n[nH]1)OCc1ccc([N+](=O)[O-])cc1. The molecule has 25 heavy (non-hydrogen) atoms. The summed E-state index contributed by atoms with van der Waals surface area (Å²) in [6.07, 6.45) is 1.67. The van der Waals surface area contributed by atoms with Crippen LogP contribution in [0.15, 0.2) is 24.3 Å². The minimum atomic E-state index is -0.600. The highest BCUT2D eigenvalue weighted by Crippen LogP contribution is 2.15. The van der Waals surface area contributed by atoms with Crippen LogP contribution in [-0.2, 0) is 17.9 Å². The third-order valence-electron chi connectivity index (χ3n) is 3.83. The van der Waals surface area contributed by atoms with Gasteiger partial charge in [0, 0.05) is 25.2 Å². The van der Waals surface area contributed by atoms with Crippen molar-refractivity contribution >= 4 is 17.7 Å². The summed E-state index contributed by atoms with van der Waals surface area (Å²) in [6.45, 7) is 2.10. The number of aromatic nitrogens is 3. The number of hydrogen-bond donors (Lipinski definition) is 2. The number of alkyl carbamates (subject to hydrolysis) is 1. The molecule has 1 aromatic heterocycles. The van der Waals surface area contributed by atoms with Crippen molar-refractivity contribution in [1.29, 1.82) is 0 Å². The van der Waals surface area contributed by atoms with E-state index >= 15 is 0 Å². The van der Waals surface area contributed by atoms with Crippen molar-refractivity contribution < 1.29 is 14.5 Å². The first-order valence-electron chi connectivity index (χ1n) is 7.92. The Morgan fingerprint density at radius 1 is 1.32 bits per heavy atom. The van der Waals surface area contributed by atoms with Crippen LogP contribution in [0.5, 0.6) is 0 Å². The maximum Gasteiger partial charge on any atom is 0.407 e. The van der Waals surface area contributed by atoms with Gasteiger partial charge in [-0.1, -0.05) is 0 Å². The van der Waals surface area contributed by atoms with Gasteiger partial charge < -0.3 is 15.0 Å². The van der Waals surface area contributed by atoms with E-state index in [1.165, 1.54) is 12.1 Å². The molecule has 2 heterocycles. The minimum Gasteiger partial charge on any atom is -0.445 e. The Balaban J connectivity index is 1.42. The van der Waals surface area contributed by atoms with Crippen molar-refractivity contribution in [1.82, 2.24) is 20.5 Å². The number of nitrogens with zero attached hydrogens (tertiary/aromatic N) is 4. The average molecular weight is 346 g/mol. The summed E-state index contributed by atoms with van der Waals surface area (Å²) in [6, 6.07) is 5.82. The van der Waals surface area contributed by atoms with Crippen molar-refractivity contribution in [3.63, 3.8) is 0 Å². The molecule has 0 spiro atoms. The van der Waals surface area contributed by atoms with Gasteiger partial charge >= 0.3 is 6.09 Å². The number of aromatic amines is 1. The van der Waals surface area contributed by atoms with E-state index in [2.05, 4.69) is 25.4 Å². The van der Waals surface area contributed by atoms with Crippen LogP contribution in [-0.4, -0.2) is 39.3 Å². The largest absolute Gasteiger partial charge is 0.445 e. The molecule has 1 amide bonds. The van der Waals surface area contributed by atoms with Crippen molar-refractivity contribution in [3.05, 3.63) is 45.8 Å². The van der Waals surface area contributed by atoms with Gasteiger partial charge in [0.15, 0.2) is 0 Å². The summed E-state index contributed by atoms with van der Waals surface area (Å²) in [5, 5.41) is 20.1. The van der Waals surface area contributed by atoms with Crippen LogP contribution in [0, 0.1) is 10.1 Å². The third-order valence-corrected chi connectivity index (χ3v) is 3.83. The molecule has 0 saturated carbocycles. The number of hydrogen-bond acceptors (Lipinski definition) is 7. The zero-order valence-corrected chi connectivity index (χ0v) is 13.5. The first kappa shape index (κ1) is 16.7. The molecular formula is C15H18N6O4. The van der Waals surface area contributed by atoms with Gasteiger partial charge in [0.25, 0.3) is 5.69 Å². The first-order chi connectivity index (χ1) is 12.1. The molecule has 0 atom stereocenters. The predicted molar refractivity (Wildman–Crippen MR) is 88.0 cm³/mol. The molecule has 0 aliphatic carbocycles. The van der Waals surface area contributed by atoms with Gasteiger partial charge in [0.2, 0.25) is 5.95 Å². The molecule has 3 rings (SSSR count). The second-order valence-electron chi connectivity index (χ2n) is 5.63. The lowest BCUT2D eigenvalue weighted by Crippen LogP contribution is -2.24. The van der Waals surface area contributed by atoms with E-state index in [4.69, 9.17) is 4.74 Å². The highest BCUT2D eigenvalue weighted by atomic mass is 16.6. The number of nitrogens with one attached hydrogen (secondary N) is 2. The topological polar surface area (TPSA) is 126 Å². The van der Waals surface area contributed by atoms with E-state index in [0.29, 0.717) is 17.3 Å². The molecule has 2 N–H and O–H groups in total. The van der Waals surface area contributed by atoms with E-state index in [1.807, 2.05) is 0 Å². The third kappa shape index (κ3) is 4.43. The second kappa shape index (κ2) is 7.60. The quantitative estimate of drug-likeness (QED) is 0.602. The van der Waals surface area contributed by atoms with E-state index in [9.17, 15) is 14.9 Å². The number of anilines is 1. The van der Waals surface area contributed by atoms with Crippen LogP contribution in [0.3, 0.4) is 0 Å². The Bertz CT molecular complexity index is 739. The lowest BCUT2D eigenvalue weighted by Gasteiger charge is -2.10. The predicted octanol–water partition coefficient (Wildman–Crippen LogP) is 1.74. The number of nitro groups is 1. The second-order valence-corrected chi connectivity index (χ2v) is 5.63. The number of nitro benzene ring substituents is 1. The molecule has 0 unspecified atom stereocenters. The Kier molecular flexibility index (Phi) is 5.07. The first-order valence-corrected chi connectivity index (χ1v) is 7.92. The lowest BCUT2D eigenvalue weighted by molar-refractivity contribution is -0.384. The molecule has 10 nitrogen and oxygen atoms in total. The monoisotopic (exact) mass is 346 g/mol. The van der Waals surface area contributed by atoms with Gasteiger partial charge in [-0.15, -0.1) is 5.10 Å². The van der Waals surface area contributed by atoms with Gasteiger partial charge in [-0.2, -0.15) is 4.98 Å². The number of H-pyrrole nitrogens is 1. The van der Waals surface area contributed by atoms with Gasteiger partial charge in [-0.25, -0.2) is 4.79 Å². The zero-order valence-electron chi connectivity index (χ0n) is 13.5. The molecule has 1 fully saturated rings. The van der Waals surface area contributed by atoms with Crippen LogP contribution in [0.1, 0.15) is 24.2 Å². The molecule has 2 aromatic rings. The van der Waals surface area contributed by atoms with Gasteiger partial charge in [0.1, 0.15) is 12.4 Å². The number of ether oxygens (including phenoxy) is 1. The number of benzene rings is 1. The lowest BCUT2D eigenvalue weighted by atomic mass is 10.2. The fourth-order valence-electron chi connectivity index (χ4n) is 2.49. The fraction of sp³-hybridized carbons (Fsp3) is 0.400. The van der Waals surface area contributed by atoms with Gasteiger partial charge in [-0.05, 0) is 30.5 Å². The number of carbonyl (C=O) groups is 1. The van der Waals surface area contributed by atoms with Crippen LogP contribution in [0.2, 0.25) is 0 Å². The summed E-state index contributed by atoms with van der Waals surface area (Å²) < 4.78 is 5.06. The fourth-order valence-corrected chi connectivity index (χ4v) is 2.49. The summed E-state index contributed by atoms with van der Waals surface area (Å²) in [5.74, 6) is 1.20. The van der Waals surface area contributed by atoms with E-state index in [0.717, 1.165) is 25.9 Å². The Labute approximate surface area is 143 Å². The Hall–Kier alpha value is -3.17. The maximum atomic E-state index is 11.7. The van der Waals surface area contributed by atoms with Crippen LogP contribution in [0.4, 0.5) is 16.4 Å². The molecule has 1 aromatic carbocycles. The smallest absolute Gasteiger partial charge is 0.407 e. The zero-order chi connectivity index (χ0) is 17.6. The van der Waals surface area contributed by atoms with Crippen molar-refractivity contribution in [2.45, 2.75) is 26.0 Å². The number of rotatable bonds is 6. The highest BCUT2D eigenvalue weighted by molar-refractivity contribution is 5.67. The molecule has 10 heteroatoms. The number of carbonyl (C=O) groups excluding carboxylic acids is 1. The molecule has 1 aliphatic rings. The Morgan fingerprint density at radius 2 is 2.04 bits per heavy atom. The van der Waals surface area contributed by atoms with Crippen LogP contribution < -0.4 is 10.2 Å². The number of non-ortho nitro benzene ring substituents is 1. The van der Waals surface area contributed by atoms with E-state index in [-0.39, 0.29) is 18.8 Å². The summed E-state index contributed by atoms with van der Waals surface area (Å²) in [7, 11) is 0. The molecule has 132 valence electrons. The molecule has 1 saturated heterocycles. The standard InChI is InChI=1S/C15H18N6O4/c22-15(25-10-11-3-5-12(6-4-11)21(23)24)16-9-13-17-14(19-18-13)20-7-1-2-8-20/h3-6H,1-2,7-10H2,(H,16,22)(H,17,18,19). The van der Waals surface area contributed by atoms with Crippen LogP contribution >= 0.6 is 0 Å². The van der Waals surface area contributed by atoms with Crippen molar-refractivity contribution in [2.24, 2.45) is 0 Å². The maximum absolute atomic E-state index is 11.7. The minimum absolute atomic E-state index is 0.00710. The number of amides is 1. The van der Waals surface area contributed by atoms with E-state index < -0.39 is 11.0 Å². The molecule has 0 bridgehead atoms. The normalized spacial score (nSPS) is 13.7. The van der Waals surface area contributed by atoms with Crippen molar-refractivity contribution in [3.8, 4) is 0 Å². The molecular weight excluding hydrogens is 328 g/mol. The van der Waals surface area contributed by atoms with Gasteiger partial charge in [0.05, 0.1) is 11.5 Å². The van der Waals surface area contributed by atoms with Gasteiger partial charge in [-0.3, -0.25) is 15.2 Å². The Morgan fingerprint density at radius 3 is 2.72 bits per heavy atom.